The summed E-state index contributed by atoms with van der Waals surface area (Å²) in [6, 6.07) is 15.4. The third-order valence-electron chi connectivity index (χ3n) is 2.39. The molecule has 0 spiro atoms. The number of methoxy groups -OCH3 is 1. The number of nitrogens with zero attached hydrogens (tertiary/aromatic N) is 2. The molecule has 0 saturated carbocycles. The van der Waals surface area contributed by atoms with Gasteiger partial charge in [0.2, 0.25) is 11.1 Å². The van der Waals surface area contributed by atoms with Crippen molar-refractivity contribution in [1.29, 1.82) is 5.39 Å². The molecule has 0 heterocycles. The van der Waals surface area contributed by atoms with Crippen LogP contribution in [-0.2, 0) is 0 Å². The topological polar surface area (TPSA) is 37.4 Å². The van der Waals surface area contributed by atoms with Gasteiger partial charge >= 0.3 is 5.69 Å². The molecule has 2 rings (SSSR count). The number of diazo groups is 1. The van der Waals surface area contributed by atoms with Gasteiger partial charge in [-0.1, -0.05) is 36.4 Å². The van der Waals surface area contributed by atoms with Crippen LogP contribution in [0.4, 0.5) is 5.69 Å². The van der Waals surface area contributed by atoms with E-state index in [2.05, 4.69) is 4.98 Å². The second kappa shape index (κ2) is 4.45. The van der Waals surface area contributed by atoms with Crippen molar-refractivity contribution in [2.45, 2.75) is 0 Å². The molecule has 0 unspecified atom stereocenters. The van der Waals surface area contributed by atoms with E-state index in [9.17, 15) is 0 Å². The molecule has 0 bridgehead atoms. The Bertz CT molecular complexity index is 529. The molecule has 0 aliphatic carbocycles. The van der Waals surface area contributed by atoms with Crippen LogP contribution in [0.1, 0.15) is 0 Å². The third-order valence-corrected chi connectivity index (χ3v) is 2.39. The first-order valence-corrected chi connectivity index (χ1v) is 4.93. The Labute approximate surface area is 93.9 Å². The van der Waals surface area contributed by atoms with Gasteiger partial charge < -0.3 is 4.74 Å². The largest absolute Gasteiger partial charge is 0.489 e. The second-order valence-electron chi connectivity index (χ2n) is 3.35. The van der Waals surface area contributed by atoms with E-state index in [0.29, 0.717) is 11.4 Å². The first kappa shape index (κ1) is 10.2. The molecule has 2 aromatic rings. The van der Waals surface area contributed by atoms with Crippen LogP contribution in [0.2, 0.25) is 0 Å². The SMILES string of the molecule is COc1ccc(-c2ccccc2)cc1[N+]#N. The summed E-state index contributed by atoms with van der Waals surface area (Å²) < 4.78 is 5.07. The molecular weight excluding hydrogens is 200 g/mol. The highest BCUT2D eigenvalue weighted by Crippen LogP contribution is 2.32. The van der Waals surface area contributed by atoms with Gasteiger partial charge in [-0.25, -0.2) is 0 Å². The summed E-state index contributed by atoms with van der Waals surface area (Å²) in [5, 5.41) is 8.87. The van der Waals surface area contributed by atoms with Crippen LogP contribution in [0.5, 0.6) is 5.75 Å². The van der Waals surface area contributed by atoms with Crippen LogP contribution < -0.4 is 4.74 Å². The lowest BCUT2D eigenvalue weighted by molar-refractivity contribution is 0.417. The van der Waals surface area contributed by atoms with Crippen LogP contribution >= 0.6 is 0 Å². The molecule has 2 aromatic carbocycles. The molecule has 3 nitrogen and oxygen atoms in total. The Hall–Kier alpha value is -2.34. The van der Waals surface area contributed by atoms with Crippen LogP contribution in [0.3, 0.4) is 0 Å². The Balaban J connectivity index is 2.49. The predicted molar refractivity (Wildman–Crippen MR) is 63.2 cm³/mol. The summed E-state index contributed by atoms with van der Waals surface area (Å²) in [5.41, 5.74) is 2.51. The first-order chi connectivity index (χ1) is 7.85. The Morgan fingerprint density at radius 3 is 2.38 bits per heavy atom. The number of ether oxygens (including phenoxy) is 1. The van der Waals surface area contributed by atoms with Gasteiger partial charge in [-0.3, -0.25) is 0 Å². The Morgan fingerprint density at radius 1 is 1.00 bits per heavy atom. The Kier molecular flexibility index (Phi) is 2.84. The van der Waals surface area contributed by atoms with E-state index in [-0.39, 0.29) is 0 Å². The van der Waals surface area contributed by atoms with Crippen molar-refractivity contribution in [3.8, 4) is 16.9 Å². The Morgan fingerprint density at radius 2 is 1.75 bits per heavy atom. The summed E-state index contributed by atoms with van der Waals surface area (Å²) >= 11 is 0. The molecule has 3 heteroatoms. The molecule has 0 amide bonds. The standard InChI is InChI=1S/C13H11N2O/c1-16-13-8-7-11(9-12(13)15-14)10-5-3-2-4-6-10/h2-9H,1H3/q+1. The summed E-state index contributed by atoms with van der Waals surface area (Å²) in [6.07, 6.45) is 0. The van der Waals surface area contributed by atoms with Crippen molar-refractivity contribution in [2.24, 2.45) is 0 Å². The van der Waals surface area contributed by atoms with E-state index in [4.69, 9.17) is 10.1 Å². The van der Waals surface area contributed by atoms with Crippen molar-refractivity contribution in [3.05, 3.63) is 53.5 Å². The van der Waals surface area contributed by atoms with Gasteiger partial charge in [0, 0.05) is 6.07 Å². The number of hydrogen-bond donors (Lipinski definition) is 0. The highest BCUT2D eigenvalue weighted by atomic mass is 16.5. The predicted octanol–water partition coefficient (Wildman–Crippen LogP) is 3.85. The minimum atomic E-state index is 0.434. The minimum absolute atomic E-state index is 0.434. The smallest absolute Gasteiger partial charge is 0.426 e. The zero-order valence-corrected chi connectivity index (χ0v) is 8.92. The normalized spacial score (nSPS) is 9.50. The van der Waals surface area contributed by atoms with E-state index in [1.807, 2.05) is 36.4 Å². The van der Waals surface area contributed by atoms with Gasteiger partial charge in [-0.05, 0) is 17.2 Å². The zero-order chi connectivity index (χ0) is 11.4. The molecule has 0 N–H and O–H groups in total. The second-order valence-corrected chi connectivity index (χ2v) is 3.35. The van der Waals surface area contributed by atoms with E-state index >= 15 is 0 Å². The number of rotatable bonds is 2. The highest BCUT2D eigenvalue weighted by molar-refractivity contribution is 5.72. The maximum atomic E-state index is 8.87. The van der Waals surface area contributed by atoms with Gasteiger partial charge in [-0.15, -0.1) is 0 Å². The lowest BCUT2D eigenvalue weighted by Crippen LogP contribution is -1.83. The van der Waals surface area contributed by atoms with Gasteiger partial charge in [0.25, 0.3) is 0 Å². The van der Waals surface area contributed by atoms with Crippen LogP contribution in [0.25, 0.3) is 16.1 Å². The number of benzene rings is 2. The average molecular weight is 211 g/mol. The summed E-state index contributed by atoms with van der Waals surface area (Å²) in [6.45, 7) is 0. The highest BCUT2D eigenvalue weighted by Gasteiger charge is 2.15. The van der Waals surface area contributed by atoms with Crippen molar-refractivity contribution < 1.29 is 4.74 Å². The van der Waals surface area contributed by atoms with E-state index in [1.165, 1.54) is 0 Å². The van der Waals surface area contributed by atoms with Crippen molar-refractivity contribution >= 4 is 5.69 Å². The van der Waals surface area contributed by atoms with Crippen LogP contribution in [0, 0.1) is 5.39 Å². The lowest BCUT2D eigenvalue weighted by atomic mass is 10.1. The first-order valence-electron chi connectivity index (χ1n) is 4.93. The van der Waals surface area contributed by atoms with Crippen molar-refractivity contribution in [1.82, 2.24) is 0 Å². The molecule has 0 aliphatic rings. The fourth-order valence-electron chi connectivity index (χ4n) is 1.58. The maximum Gasteiger partial charge on any atom is 0.426 e. The van der Waals surface area contributed by atoms with Gasteiger partial charge in [-0.2, -0.15) is 0 Å². The molecule has 0 atom stereocenters. The van der Waals surface area contributed by atoms with Crippen molar-refractivity contribution in [3.63, 3.8) is 0 Å². The quantitative estimate of drug-likeness (QED) is 0.707. The summed E-state index contributed by atoms with van der Waals surface area (Å²) in [4.78, 5) is 3.20. The van der Waals surface area contributed by atoms with Crippen molar-refractivity contribution in [2.75, 3.05) is 7.11 Å². The maximum absolute atomic E-state index is 8.87. The van der Waals surface area contributed by atoms with Gasteiger partial charge in [0.15, 0.2) is 4.98 Å². The molecule has 0 aliphatic heterocycles. The van der Waals surface area contributed by atoms with E-state index in [1.54, 1.807) is 19.2 Å². The van der Waals surface area contributed by atoms with Crippen LogP contribution in [-0.4, -0.2) is 7.11 Å². The average Bonchev–Trinajstić information content (AvgIpc) is 2.39. The summed E-state index contributed by atoms with van der Waals surface area (Å²) in [5.74, 6) is 0.558. The fraction of sp³-hybridized carbons (Fsp3) is 0.0769. The van der Waals surface area contributed by atoms with Crippen LogP contribution in [0.15, 0.2) is 48.5 Å². The van der Waals surface area contributed by atoms with E-state index in [0.717, 1.165) is 11.1 Å². The van der Waals surface area contributed by atoms with Gasteiger partial charge in [0.1, 0.15) is 0 Å². The molecular formula is C13H11N2O+. The van der Waals surface area contributed by atoms with E-state index < -0.39 is 0 Å². The fourth-order valence-corrected chi connectivity index (χ4v) is 1.58. The molecule has 0 aromatic heterocycles. The molecule has 16 heavy (non-hydrogen) atoms. The molecule has 78 valence electrons. The van der Waals surface area contributed by atoms with Gasteiger partial charge in [0.05, 0.1) is 7.11 Å². The zero-order valence-electron chi connectivity index (χ0n) is 8.92. The molecule has 0 fully saturated rings. The number of hydrogen-bond acceptors (Lipinski definition) is 2. The lowest BCUT2D eigenvalue weighted by Gasteiger charge is -2.01. The molecule has 0 saturated heterocycles. The minimum Gasteiger partial charge on any atom is -0.489 e. The summed E-state index contributed by atoms with van der Waals surface area (Å²) in [7, 11) is 1.55. The third kappa shape index (κ3) is 1.86. The molecule has 0 radical (unpaired) electrons. The monoisotopic (exact) mass is 211 g/mol.